The molecule has 1 unspecified atom stereocenters. The Hall–Kier alpha value is -2.38. The van der Waals surface area contributed by atoms with Gasteiger partial charge in [-0.3, -0.25) is 4.90 Å². The van der Waals surface area contributed by atoms with Crippen molar-refractivity contribution in [1.29, 1.82) is 0 Å². The smallest absolute Gasteiger partial charge is 0.338 e. The number of esters is 1. The van der Waals surface area contributed by atoms with Crippen LogP contribution in [0, 0.1) is 13.8 Å². The summed E-state index contributed by atoms with van der Waals surface area (Å²) in [4.78, 5) is 27.3. The lowest BCUT2D eigenvalue weighted by atomic mass is 9.92. The van der Waals surface area contributed by atoms with Crippen LogP contribution in [0.2, 0.25) is 0 Å². The normalized spacial score (nSPS) is 20.9. The van der Waals surface area contributed by atoms with Crippen LogP contribution in [0.3, 0.4) is 0 Å². The van der Waals surface area contributed by atoms with E-state index in [1.54, 1.807) is 6.92 Å². The molecule has 0 radical (unpaired) electrons. The second-order valence-electron chi connectivity index (χ2n) is 6.88. The van der Waals surface area contributed by atoms with Gasteiger partial charge in [-0.2, -0.15) is 0 Å². The van der Waals surface area contributed by atoms with E-state index in [4.69, 9.17) is 9.47 Å². The summed E-state index contributed by atoms with van der Waals surface area (Å²) in [5.41, 5.74) is 4.21. The molecule has 0 spiro atoms. The largest absolute Gasteiger partial charge is 0.463 e. The second-order valence-corrected chi connectivity index (χ2v) is 6.88. The molecule has 1 saturated heterocycles. The number of carbonyl (C=O) groups excluding carboxylic acids is 2. The third-order valence-corrected chi connectivity index (χ3v) is 5.00. The molecule has 27 heavy (non-hydrogen) atoms. The topological polar surface area (TPSA) is 79.9 Å². The Morgan fingerprint density at radius 1 is 1.26 bits per heavy atom. The zero-order valence-electron chi connectivity index (χ0n) is 16.1. The summed E-state index contributed by atoms with van der Waals surface area (Å²) in [5, 5.41) is 5.71. The summed E-state index contributed by atoms with van der Waals surface area (Å²) >= 11 is 0. The van der Waals surface area contributed by atoms with Crippen LogP contribution in [0.15, 0.2) is 29.5 Å². The van der Waals surface area contributed by atoms with Crippen LogP contribution in [0.4, 0.5) is 4.79 Å². The van der Waals surface area contributed by atoms with Gasteiger partial charge in [0.05, 0.1) is 31.4 Å². The predicted octanol–water partition coefficient (Wildman–Crippen LogP) is 1.81. The lowest BCUT2D eigenvalue weighted by molar-refractivity contribution is -0.139. The molecule has 0 aliphatic carbocycles. The van der Waals surface area contributed by atoms with Crippen LogP contribution in [0.25, 0.3) is 0 Å². The highest BCUT2D eigenvalue weighted by Crippen LogP contribution is 2.29. The molecule has 1 aromatic rings. The molecule has 1 atom stereocenters. The average molecular weight is 373 g/mol. The Morgan fingerprint density at radius 3 is 2.67 bits per heavy atom. The molecular formula is C20H27N3O4. The maximum atomic E-state index is 12.8. The van der Waals surface area contributed by atoms with E-state index in [1.807, 2.05) is 32.0 Å². The van der Waals surface area contributed by atoms with Gasteiger partial charge in [0, 0.05) is 25.3 Å². The van der Waals surface area contributed by atoms with Gasteiger partial charge < -0.3 is 20.1 Å². The quantitative estimate of drug-likeness (QED) is 0.770. The Labute approximate surface area is 159 Å². The van der Waals surface area contributed by atoms with Crippen molar-refractivity contribution < 1.29 is 19.1 Å². The molecule has 1 aromatic carbocycles. The van der Waals surface area contributed by atoms with Gasteiger partial charge >= 0.3 is 12.0 Å². The van der Waals surface area contributed by atoms with E-state index < -0.39 is 12.0 Å². The van der Waals surface area contributed by atoms with Crippen molar-refractivity contribution in [3.63, 3.8) is 0 Å². The number of rotatable bonds is 5. The minimum absolute atomic E-state index is 0.279. The fraction of sp³-hybridized carbons (Fsp3) is 0.500. The molecule has 2 amide bonds. The van der Waals surface area contributed by atoms with Crippen LogP contribution >= 0.6 is 0 Å². The summed E-state index contributed by atoms with van der Waals surface area (Å²) in [6.45, 7) is 9.40. The number of ether oxygens (including phenoxy) is 2. The van der Waals surface area contributed by atoms with E-state index in [0.717, 1.165) is 29.8 Å². The molecule has 1 fully saturated rings. The van der Waals surface area contributed by atoms with Crippen LogP contribution in [0.5, 0.6) is 0 Å². The monoisotopic (exact) mass is 373 g/mol. The van der Waals surface area contributed by atoms with Crippen molar-refractivity contribution in [2.24, 2.45) is 0 Å². The molecule has 2 aliphatic heterocycles. The van der Waals surface area contributed by atoms with Crippen LogP contribution in [-0.4, -0.2) is 56.4 Å². The fourth-order valence-electron chi connectivity index (χ4n) is 3.37. The summed E-state index contributed by atoms with van der Waals surface area (Å²) in [6, 6.07) is 5.12. The van der Waals surface area contributed by atoms with Crippen molar-refractivity contribution in [3.05, 3.63) is 46.2 Å². The SMILES string of the molecule is CCOC(=O)C1=C(CN2CCOCC2)NC(=O)NC1c1ccc(C)c(C)c1. The number of urea groups is 1. The minimum Gasteiger partial charge on any atom is -0.463 e. The molecule has 146 valence electrons. The maximum Gasteiger partial charge on any atom is 0.338 e. The molecular weight excluding hydrogens is 346 g/mol. The number of benzene rings is 1. The van der Waals surface area contributed by atoms with Gasteiger partial charge in [-0.1, -0.05) is 18.2 Å². The average Bonchev–Trinajstić information content (AvgIpc) is 2.64. The van der Waals surface area contributed by atoms with Crippen LogP contribution in [-0.2, 0) is 14.3 Å². The van der Waals surface area contributed by atoms with Crippen molar-refractivity contribution >= 4 is 12.0 Å². The Balaban J connectivity index is 2.00. The number of hydrogen-bond acceptors (Lipinski definition) is 5. The van der Waals surface area contributed by atoms with Gasteiger partial charge in [0.1, 0.15) is 0 Å². The number of hydrogen-bond donors (Lipinski definition) is 2. The number of carbonyl (C=O) groups is 2. The first-order valence-electron chi connectivity index (χ1n) is 9.34. The van der Waals surface area contributed by atoms with Crippen molar-refractivity contribution in [3.8, 4) is 0 Å². The van der Waals surface area contributed by atoms with Crippen LogP contribution in [0.1, 0.15) is 29.7 Å². The zero-order valence-corrected chi connectivity index (χ0v) is 16.1. The van der Waals surface area contributed by atoms with Gasteiger partial charge in [-0.05, 0) is 37.5 Å². The second kappa shape index (κ2) is 8.54. The van der Waals surface area contributed by atoms with Crippen molar-refractivity contribution in [1.82, 2.24) is 15.5 Å². The number of nitrogens with zero attached hydrogens (tertiary/aromatic N) is 1. The van der Waals surface area contributed by atoms with Gasteiger partial charge in [-0.15, -0.1) is 0 Å². The van der Waals surface area contributed by atoms with E-state index in [1.165, 1.54) is 0 Å². The molecule has 2 N–H and O–H groups in total. The molecule has 7 heteroatoms. The van der Waals surface area contributed by atoms with Crippen molar-refractivity contribution in [2.45, 2.75) is 26.8 Å². The fourth-order valence-corrected chi connectivity index (χ4v) is 3.37. The summed E-state index contributed by atoms with van der Waals surface area (Å²) in [7, 11) is 0. The first-order valence-corrected chi connectivity index (χ1v) is 9.34. The van der Waals surface area contributed by atoms with E-state index >= 15 is 0 Å². The predicted molar refractivity (Wildman–Crippen MR) is 101 cm³/mol. The van der Waals surface area contributed by atoms with Gasteiger partial charge in [0.25, 0.3) is 0 Å². The molecule has 0 saturated carbocycles. The Morgan fingerprint density at radius 2 is 2.00 bits per heavy atom. The number of nitrogens with one attached hydrogen (secondary N) is 2. The van der Waals surface area contributed by atoms with Crippen molar-refractivity contribution in [2.75, 3.05) is 39.5 Å². The number of morpholine rings is 1. The highest BCUT2D eigenvalue weighted by Gasteiger charge is 2.34. The molecule has 0 bridgehead atoms. The third-order valence-electron chi connectivity index (χ3n) is 5.00. The van der Waals surface area contributed by atoms with Gasteiger partial charge in [-0.25, -0.2) is 9.59 Å². The highest BCUT2D eigenvalue weighted by molar-refractivity contribution is 5.95. The van der Waals surface area contributed by atoms with E-state index in [2.05, 4.69) is 15.5 Å². The number of aryl methyl sites for hydroxylation is 2. The van der Waals surface area contributed by atoms with E-state index in [0.29, 0.717) is 31.0 Å². The summed E-state index contributed by atoms with van der Waals surface area (Å²) < 4.78 is 10.7. The van der Waals surface area contributed by atoms with Gasteiger partial charge in [0.15, 0.2) is 0 Å². The first-order chi connectivity index (χ1) is 13.0. The molecule has 7 nitrogen and oxygen atoms in total. The lowest BCUT2D eigenvalue weighted by Gasteiger charge is -2.33. The summed E-state index contributed by atoms with van der Waals surface area (Å²) in [5.74, 6) is -0.406. The lowest BCUT2D eigenvalue weighted by Crippen LogP contribution is -2.49. The Bertz CT molecular complexity index is 754. The maximum absolute atomic E-state index is 12.8. The minimum atomic E-state index is -0.534. The zero-order chi connectivity index (χ0) is 19.4. The first kappa shape index (κ1) is 19.4. The number of amides is 2. The van der Waals surface area contributed by atoms with E-state index in [-0.39, 0.29) is 12.6 Å². The van der Waals surface area contributed by atoms with Crippen LogP contribution < -0.4 is 10.6 Å². The molecule has 2 heterocycles. The standard InChI is InChI=1S/C20H27N3O4/c1-4-27-19(24)17-16(12-23-7-9-26-10-8-23)21-20(25)22-18(17)15-6-5-13(2)14(3)11-15/h5-6,11,18H,4,7-10,12H2,1-3H3,(H2,21,22,25). The molecule has 2 aliphatic rings. The van der Waals surface area contributed by atoms with Gasteiger partial charge in [0.2, 0.25) is 0 Å². The molecule has 0 aromatic heterocycles. The third kappa shape index (κ3) is 4.48. The molecule has 3 rings (SSSR count). The van der Waals surface area contributed by atoms with E-state index in [9.17, 15) is 9.59 Å². The Kier molecular flexibility index (Phi) is 6.13. The highest BCUT2D eigenvalue weighted by atomic mass is 16.5. The summed E-state index contributed by atoms with van der Waals surface area (Å²) in [6.07, 6.45) is 0.